The second-order valence-electron chi connectivity index (χ2n) is 6.56. The summed E-state index contributed by atoms with van der Waals surface area (Å²) in [5.74, 6) is -0.340. The van der Waals surface area contributed by atoms with E-state index in [1.165, 1.54) is 4.31 Å². The Balaban J connectivity index is 2.42. The van der Waals surface area contributed by atoms with Crippen molar-refractivity contribution in [3.8, 4) is 0 Å². The SMILES string of the molecule is CC[C@H](C(=O)Nc1cccc(C)c1C)N(c1cccc(C)c1)S(C)(=O)=O. The maximum atomic E-state index is 12.9. The van der Waals surface area contributed by atoms with Crippen LogP contribution in [0.25, 0.3) is 0 Å². The minimum absolute atomic E-state index is 0.340. The molecule has 2 aromatic carbocycles. The lowest BCUT2D eigenvalue weighted by Crippen LogP contribution is -2.47. The van der Waals surface area contributed by atoms with Gasteiger partial charge in [0.05, 0.1) is 11.9 Å². The number of carbonyl (C=O) groups excluding carboxylic acids is 1. The highest BCUT2D eigenvalue weighted by molar-refractivity contribution is 7.92. The van der Waals surface area contributed by atoms with Gasteiger partial charge < -0.3 is 5.32 Å². The molecule has 0 heterocycles. The molecule has 0 aromatic heterocycles. The van der Waals surface area contributed by atoms with Gasteiger partial charge in [0.2, 0.25) is 15.9 Å². The van der Waals surface area contributed by atoms with E-state index in [1.54, 1.807) is 25.1 Å². The van der Waals surface area contributed by atoms with E-state index in [9.17, 15) is 13.2 Å². The molecule has 0 aliphatic carbocycles. The zero-order valence-corrected chi connectivity index (χ0v) is 16.7. The minimum Gasteiger partial charge on any atom is -0.324 e. The van der Waals surface area contributed by atoms with Crippen LogP contribution in [-0.2, 0) is 14.8 Å². The van der Waals surface area contributed by atoms with Crippen LogP contribution in [0.3, 0.4) is 0 Å². The number of hydrogen-bond acceptors (Lipinski definition) is 3. The third-order valence-corrected chi connectivity index (χ3v) is 5.63. The van der Waals surface area contributed by atoms with E-state index in [1.807, 2.05) is 45.0 Å². The molecule has 1 amide bonds. The van der Waals surface area contributed by atoms with Gasteiger partial charge in [0.25, 0.3) is 0 Å². The number of amides is 1. The van der Waals surface area contributed by atoms with Crippen LogP contribution in [0.4, 0.5) is 11.4 Å². The molecule has 1 N–H and O–H groups in total. The van der Waals surface area contributed by atoms with Crippen LogP contribution in [0.15, 0.2) is 42.5 Å². The lowest BCUT2D eigenvalue weighted by molar-refractivity contribution is -0.117. The minimum atomic E-state index is -3.63. The van der Waals surface area contributed by atoms with Crippen molar-refractivity contribution in [1.29, 1.82) is 0 Å². The molecule has 0 bridgehead atoms. The van der Waals surface area contributed by atoms with E-state index in [-0.39, 0.29) is 5.91 Å². The summed E-state index contributed by atoms with van der Waals surface area (Å²) >= 11 is 0. The van der Waals surface area contributed by atoms with Crippen molar-refractivity contribution in [3.05, 3.63) is 59.2 Å². The van der Waals surface area contributed by atoms with Gasteiger partial charge in [0.15, 0.2) is 0 Å². The number of carbonyl (C=O) groups is 1. The van der Waals surface area contributed by atoms with Gasteiger partial charge in [-0.25, -0.2) is 8.42 Å². The van der Waals surface area contributed by atoms with Gasteiger partial charge >= 0.3 is 0 Å². The third-order valence-electron chi connectivity index (χ3n) is 4.45. The lowest BCUT2D eigenvalue weighted by Gasteiger charge is -2.30. The Labute approximate surface area is 156 Å². The van der Waals surface area contributed by atoms with E-state index in [0.717, 1.165) is 22.9 Å². The smallest absolute Gasteiger partial charge is 0.248 e. The van der Waals surface area contributed by atoms with Gasteiger partial charge in [-0.15, -0.1) is 0 Å². The molecule has 26 heavy (non-hydrogen) atoms. The summed E-state index contributed by atoms with van der Waals surface area (Å²) in [5.41, 5.74) is 4.16. The van der Waals surface area contributed by atoms with Crippen LogP contribution in [-0.4, -0.2) is 26.6 Å². The Bertz CT molecular complexity index is 907. The van der Waals surface area contributed by atoms with Crippen molar-refractivity contribution in [2.75, 3.05) is 15.9 Å². The number of sulfonamides is 1. The molecule has 0 saturated heterocycles. The van der Waals surface area contributed by atoms with Crippen molar-refractivity contribution < 1.29 is 13.2 Å². The summed E-state index contributed by atoms with van der Waals surface area (Å²) in [5, 5.41) is 2.89. The van der Waals surface area contributed by atoms with Gasteiger partial charge in [0, 0.05) is 5.69 Å². The predicted octanol–water partition coefficient (Wildman–Crippen LogP) is 3.80. The molecule has 6 heteroatoms. The van der Waals surface area contributed by atoms with Crippen LogP contribution in [0.2, 0.25) is 0 Å². The first-order valence-corrected chi connectivity index (χ1v) is 10.4. The van der Waals surface area contributed by atoms with Crippen molar-refractivity contribution in [2.24, 2.45) is 0 Å². The summed E-state index contributed by atoms with van der Waals surface area (Å²) in [6.45, 7) is 7.60. The third kappa shape index (κ3) is 4.43. The molecule has 2 aromatic rings. The number of nitrogens with zero attached hydrogens (tertiary/aromatic N) is 1. The second kappa shape index (κ2) is 7.91. The summed E-state index contributed by atoms with van der Waals surface area (Å²) in [6, 6.07) is 12.0. The average Bonchev–Trinajstić information content (AvgIpc) is 2.55. The molecule has 0 spiro atoms. The molecule has 0 unspecified atom stereocenters. The molecule has 2 rings (SSSR count). The second-order valence-corrected chi connectivity index (χ2v) is 8.42. The quantitative estimate of drug-likeness (QED) is 0.836. The number of anilines is 2. The molecule has 0 fully saturated rings. The topological polar surface area (TPSA) is 66.5 Å². The van der Waals surface area contributed by atoms with Gasteiger partial charge in [-0.05, 0) is 62.1 Å². The molecular weight excluding hydrogens is 348 g/mol. The van der Waals surface area contributed by atoms with Crippen molar-refractivity contribution in [3.63, 3.8) is 0 Å². The van der Waals surface area contributed by atoms with E-state index in [0.29, 0.717) is 17.8 Å². The van der Waals surface area contributed by atoms with E-state index in [4.69, 9.17) is 0 Å². The van der Waals surface area contributed by atoms with E-state index >= 15 is 0 Å². The molecule has 0 aliphatic heterocycles. The first-order valence-electron chi connectivity index (χ1n) is 8.58. The molecule has 0 radical (unpaired) electrons. The standard InChI is InChI=1S/C20H26N2O3S/c1-6-19(20(23)21-18-12-8-10-15(3)16(18)4)22(26(5,24)25)17-11-7-9-14(2)13-17/h7-13,19H,6H2,1-5H3,(H,21,23)/t19-/m1/s1. The average molecular weight is 375 g/mol. The number of rotatable bonds is 6. The summed E-state index contributed by atoms with van der Waals surface area (Å²) in [6.07, 6.45) is 1.49. The van der Waals surface area contributed by atoms with Gasteiger partial charge in [-0.3, -0.25) is 9.10 Å². The molecule has 140 valence electrons. The molecule has 1 atom stereocenters. The number of hydrogen-bond donors (Lipinski definition) is 1. The monoisotopic (exact) mass is 374 g/mol. The van der Waals surface area contributed by atoms with Crippen LogP contribution < -0.4 is 9.62 Å². The maximum Gasteiger partial charge on any atom is 0.248 e. The Hall–Kier alpha value is -2.34. The van der Waals surface area contributed by atoms with E-state index in [2.05, 4.69) is 5.32 Å². The van der Waals surface area contributed by atoms with Gasteiger partial charge in [0.1, 0.15) is 6.04 Å². The Kier molecular flexibility index (Phi) is 6.08. The van der Waals surface area contributed by atoms with Crippen LogP contribution in [0.5, 0.6) is 0 Å². The van der Waals surface area contributed by atoms with Crippen LogP contribution in [0, 0.1) is 20.8 Å². The number of benzene rings is 2. The van der Waals surface area contributed by atoms with Crippen molar-refractivity contribution >= 4 is 27.3 Å². The fraction of sp³-hybridized carbons (Fsp3) is 0.350. The van der Waals surface area contributed by atoms with Crippen LogP contribution >= 0.6 is 0 Å². The fourth-order valence-corrected chi connectivity index (χ4v) is 4.13. The number of nitrogens with one attached hydrogen (secondary N) is 1. The summed E-state index contributed by atoms with van der Waals surface area (Å²) in [4.78, 5) is 12.9. The predicted molar refractivity (Wildman–Crippen MR) is 107 cm³/mol. The maximum absolute atomic E-state index is 12.9. The normalized spacial score (nSPS) is 12.5. The van der Waals surface area contributed by atoms with Crippen molar-refractivity contribution in [1.82, 2.24) is 0 Å². The van der Waals surface area contributed by atoms with Crippen molar-refractivity contribution in [2.45, 2.75) is 40.2 Å². The summed E-state index contributed by atoms with van der Waals surface area (Å²) < 4.78 is 26.1. The largest absolute Gasteiger partial charge is 0.324 e. The Morgan fingerprint density at radius 3 is 2.35 bits per heavy atom. The first kappa shape index (κ1) is 20.0. The number of aryl methyl sites for hydroxylation is 2. The molecule has 5 nitrogen and oxygen atoms in total. The Morgan fingerprint density at radius 2 is 1.77 bits per heavy atom. The molecule has 0 saturated carbocycles. The highest BCUT2D eigenvalue weighted by Gasteiger charge is 2.31. The Morgan fingerprint density at radius 1 is 1.12 bits per heavy atom. The van der Waals surface area contributed by atoms with Crippen LogP contribution in [0.1, 0.15) is 30.0 Å². The zero-order valence-electron chi connectivity index (χ0n) is 15.9. The van der Waals surface area contributed by atoms with Gasteiger partial charge in [-0.2, -0.15) is 0 Å². The fourth-order valence-electron chi connectivity index (χ4n) is 2.93. The molecular formula is C20H26N2O3S. The van der Waals surface area contributed by atoms with E-state index < -0.39 is 16.1 Å². The first-order chi connectivity index (χ1) is 12.1. The lowest BCUT2D eigenvalue weighted by atomic mass is 10.1. The van der Waals surface area contributed by atoms with Gasteiger partial charge in [-0.1, -0.05) is 31.2 Å². The highest BCUT2D eigenvalue weighted by atomic mass is 32.2. The highest BCUT2D eigenvalue weighted by Crippen LogP contribution is 2.25. The molecule has 0 aliphatic rings. The zero-order chi connectivity index (χ0) is 19.5. The summed E-state index contributed by atoms with van der Waals surface area (Å²) in [7, 11) is -3.63.